The summed E-state index contributed by atoms with van der Waals surface area (Å²) in [7, 11) is 0. The molecule has 1 N–H and O–H groups in total. The number of nitrogens with one attached hydrogen (secondary N) is 1. The Morgan fingerprint density at radius 2 is 1.81 bits per heavy atom. The molecular weight excluding hydrogens is 452 g/mol. The van der Waals surface area contributed by atoms with E-state index < -0.39 is 0 Å². The molecule has 0 atom stereocenters. The number of hydrogen-bond donors (Lipinski definition) is 1. The van der Waals surface area contributed by atoms with Crippen LogP contribution in [0, 0.1) is 6.92 Å². The van der Waals surface area contributed by atoms with Gasteiger partial charge in [-0.15, -0.1) is 0 Å². The lowest BCUT2D eigenvalue weighted by Crippen LogP contribution is -2.27. The molecular formula is C28H26N6O2. The maximum absolute atomic E-state index is 12.1. The Morgan fingerprint density at radius 1 is 1.00 bits per heavy atom. The van der Waals surface area contributed by atoms with Crippen molar-refractivity contribution in [2.75, 3.05) is 6.54 Å². The fraction of sp³-hybridized carbons (Fsp3) is 0.179. The van der Waals surface area contributed by atoms with Crippen LogP contribution in [0.4, 0.5) is 0 Å². The molecule has 0 radical (unpaired) electrons. The first-order chi connectivity index (χ1) is 17.5. The number of ether oxygens (including phenoxy) is 1. The highest BCUT2D eigenvalue weighted by atomic mass is 16.5. The molecule has 2 aromatic carbocycles. The quantitative estimate of drug-likeness (QED) is 0.329. The van der Waals surface area contributed by atoms with Crippen LogP contribution in [0.25, 0.3) is 33.8 Å². The van der Waals surface area contributed by atoms with Gasteiger partial charge in [0.2, 0.25) is 5.91 Å². The largest absolute Gasteiger partial charge is 0.457 e. The number of carbonyl (C=O) groups is 1. The molecule has 0 spiro atoms. The molecule has 0 aliphatic rings. The van der Waals surface area contributed by atoms with Crippen LogP contribution in [-0.2, 0) is 11.3 Å². The fourth-order valence-corrected chi connectivity index (χ4v) is 3.93. The smallest absolute Gasteiger partial charge is 0.219 e. The van der Waals surface area contributed by atoms with Gasteiger partial charge in [-0.2, -0.15) is 10.2 Å². The van der Waals surface area contributed by atoms with Gasteiger partial charge in [0.05, 0.1) is 16.9 Å². The zero-order valence-corrected chi connectivity index (χ0v) is 20.4. The molecule has 36 heavy (non-hydrogen) atoms. The minimum atomic E-state index is 0.0134. The summed E-state index contributed by atoms with van der Waals surface area (Å²) in [6.07, 6.45) is 1.72. The summed E-state index contributed by atoms with van der Waals surface area (Å²) in [5, 5.41) is 8.39. The van der Waals surface area contributed by atoms with Crippen molar-refractivity contribution < 1.29 is 9.53 Å². The van der Waals surface area contributed by atoms with Gasteiger partial charge in [-0.1, -0.05) is 12.1 Å². The summed E-state index contributed by atoms with van der Waals surface area (Å²) >= 11 is 0. The highest BCUT2D eigenvalue weighted by Gasteiger charge is 2.15. The van der Waals surface area contributed by atoms with Crippen molar-refractivity contribution >= 4 is 17.1 Å². The van der Waals surface area contributed by atoms with Crippen molar-refractivity contribution in [3.05, 3.63) is 84.2 Å². The molecule has 0 saturated carbocycles. The van der Waals surface area contributed by atoms with Gasteiger partial charge in [-0.05, 0) is 68.4 Å². The summed E-state index contributed by atoms with van der Waals surface area (Å²) < 4.78 is 6.35. The third-order valence-corrected chi connectivity index (χ3v) is 5.96. The standard InChI is InChI=1S/C28H26N6O2/c1-4-34(19(3)35)17-22-9-8-21(27-30-25-6-5-15-29-28(25)31-27)16-26(22)36-23-12-10-20(11-13-23)24-14-7-18(2)32-33-24/h5-16H,4,17H2,1-3H3,(H,29,30,31). The van der Waals surface area contributed by atoms with E-state index in [1.54, 1.807) is 18.0 Å². The second kappa shape index (κ2) is 9.95. The fourth-order valence-electron chi connectivity index (χ4n) is 3.93. The first-order valence-corrected chi connectivity index (χ1v) is 11.8. The van der Waals surface area contributed by atoms with Gasteiger partial charge in [-0.25, -0.2) is 9.97 Å². The van der Waals surface area contributed by atoms with Crippen LogP contribution in [0.5, 0.6) is 11.5 Å². The first-order valence-electron chi connectivity index (χ1n) is 11.8. The second-order valence-corrected chi connectivity index (χ2v) is 8.50. The van der Waals surface area contributed by atoms with Gasteiger partial charge in [-0.3, -0.25) is 4.79 Å². The van der Waals surface area contributed by atoms with Crippen molar-refractivity contribution in [1.82, 2.24) is 30.0 Å². The molecule has 0 aliphatic carbocycles. The summed E-state index contributed by atoms with van der Waals surface area (Å²) in [5.74, 6) is 2.05. The Morgan fingerprint density at radius 3 is 2.50 bits per heavy atom. The van der Waals surface area contributed by atoms with E-state index in [-0.39, 0.29) is 5.91 Å². The number of H-pyrrole nitrogens is 1. The average molecular weight is 479 g/mol. The average Bonchev–Trinajstić information content (AvgIpc) is 3.33. The lowest BCUT2D eigenvalue weighted by atomic mass is 10.1. The summed E-state index contributed by atoms with van der Waals surface area (Å²) in [6.45, 7) is 6.50. The Balaban J connectivity index is 1.48. The van der Waals surface area contributed by atoms with Crippen molar-refractivity contribution in [1.29, 1.82) is 0 Å². The van der Waals surface area contributed by atoms with Crippen LogP contribution < -0.4 is 4.74 Å². The number of amides is 1. The van der Waals surface area contributed by atoms with Gasteiger partial charge >= 0.3 is 0 Å². The summed E-state index contributed by atoms with van der Waals surface area (Å²) in [5.41, 5.74) is 5.91. The molecule has 0 bridgehead atoms. The molecule has 0 saturated heterocycles. The normalized spacial score (nSPS) is 11.0. The van der Waals surface area contributed by atoms with Gasteiger partial charge in [0.25, 0.3) is 0 Å². The van der Waals surface area contributed by atoms with E-state index in [1.807, 2.05) is 80.6 Å². The lowest BCUT2D eigenvalue weighted by molar-refractivity contribution is -0.129. The van der Waals surface area contributed by atoms with E-state index >= 15 is 0 Å². The molecule has 1 amide bonds. The van der Waals surface area contributed by atoms with Crippen molar-refractivity contribution in [3.63, 3.8) is 0 Å². The molecule has 3 aromatic heterocycles. The molecule has 0 fully saturated rings. The number of pyridine rings is 1. The number of benzene rings is 2. The maximum Gasteiger partial charge on any atom is 0.219 e. The molecule has 5 aromatic rings. The monoisotopic (exact) mass is 478 g/mol. The minimum absolute atomic E-state index is 0.0134. The molecule has 5 rings (SSSR count). The van der Waals surface area contributed by atoms with E-state index in [4.69, 9.17) is 4.74 Å². The molecule has 0 aliphatic heterocycles. The SMILES string of the molecule is CCN(Cc1ccc(-c2nc3ncccc3[nH]2)cc1Oc1ccc(-c2ccc(C)nn2)cc1)C(C)=O. The molecule has 3 heterocycles. The van der Waals surface area contributed by atoms with Crippen LogP contribution in [0.15, 0.2) is 72.9 Å². The van der Waals surface area contributed by atoms with Crippen molar-refractivity contribution in [3.8, 4) is 34.1 Å². The third kappa shape index (κ3) is 4.93. The van der Waals surface area contributed by atoms with Crippen LogP contribution in [-0.4, -0.2) is 42.5 Å². The number of nitrogens with zero attached hydrogens (tertiary/aromatic N) is 5. The van der Waals surface area contributed by atoms with Crippen LogP contribution >= 0.6 is 0 Å². The van der Waals surface area contributed by atoms with Crippen molar-refractivity contribution in [2.24, 2.45) is 0 Å². The molecule has 180 valence electrons. The summed E-state index contributed by atoms with van der Waals surface area (Å²) in [4.78, 5) is 26.1. The van der Waals surface area contributed by atoms with E-state index in [1.165, 1.54) is 0 Å². The molecule has 8 heteroatoms. The van der Waals surface area contributed by atoms with Crippen LogP contribution in [0.1, 0.15) is 25.1 Å². The minimum Gasteiger partial charge on any atom is -0.457 e. The number of hydrogen-bond acceptors (Lipinski definition) is 6. The third-order valence-electron chi connectivity index (χ3n) is 5.96. The van der Waals surface area contributed by atoms with Gasteiger partial charge in [0.1, 0.15) is 17.3 Å². The van der Waals surface area contributed by atoms with E-state index in [9.17, 15) is 4.79 Å². The van der Waals surface area contributed by atoms with Crippen LogP contribution in [0.2, 0.25) is 0 Å². The number of fused-ring (bicyclic) bond motifs is 1. The number of carbonyl (C=O) groups excluding carboxylic acids is 1. The van der Waals surface area contributed by atoms with Gasteiger partial charge in [0.15, 0.2) is 5.65 Å². The maximum atomic E-state index is 12.1. The van der Waals surface area contributed by atoms with E-state index in [2.05, 4.69) is 25.1 Å². The predicted octanol–water partition coefficient (Wildman–Crippen LogP) is 5.55. The lowest BCUT2D eigenvalue weighted by Gasteiger charge is -2.21. The molecule has 0 unspecified atom stereocenters. The van der Waals surface area contributed by atoms with Gasteiger partial charge < -0.3 is 14.6 Å². The Bertz CT molecular complexity index is 1480. The highest BCUT2D eigenvalue weighted by Crippen LogP contribution is 2.32. The number of aromatic amines is 1. The van der Waals surface area contributed by atoms with E-state index in [0.717, 1.165) is 33.6 Å². The zero-order valence-electron chi connectivity index (χ0n) is 20.4. The predicted molar refractivity (Wildman–Crippen MR) is 138 cm³/mol. The van der Waals surface area contributed by atoms with Gasteiger partial charge in [0, 0.05) is 42.9 Å². The topological polar surface area (TPSA) is 96.9 Å². The Labute approximate surface area is 209 Å². The second-order valence-electron chi connectivity index (χ2n) is 8.50. The zero-order chi connectivity index (χ0) is 25.1. The highest BCUT2D eigenvalue weighted by molar-refractivity contribution is 5.76. The van der Waals surface area contributed by atoms with Crippen LogP contribution in [0.3, 0.4) is 0 Å². The Kier molecular flexibility index (Phi) is 6.40. The number of aromatic nitrogens is 5. The number of rotatable bonds is 7. The summed E-state index contributed by atoms with van der Waals surface area (Å²) in [6, 6.07) is 21.3. The van der Waals surface area contributed by atoms with E-state index in [0.29, 0.717) is 36.1 Å². The molecule has 8 nitrogen and oxygen atoms in total. The Hall–Kier alpha value is -4.59. The number of imidazole rings is 1. The first kappa shape index (κ1) is 23.2. The number of aryl methyl sites for hydroxylation is 1. The van der Waals surface area contributed by atoms with Crippen molar-refractivity contribution in [2.45, 2.75) is 27.3 Å².